The van der Waals surface area contributed by atoms with Crippen LogP contribution in [0.5, 0.6) is 11.5 Å². The van der Waals surface area contributed by atoms with Crippen molar-refractivity contribution in [1.82, 2.24) is 0 Å². The van der Waals surface area contributed by atoms with Gasteiger partial charge in [0, 0.05) is 11.1 Å². The molecule has 1 aromatic carbocycles. The van der Waals surface area contributed by atoms with Crippen LogP contribution in [-0.4, -0.2) is 87.2 Å². The molecule has 8 saturated carbocycles. The summed E-state index contributed by atoms with van der Waals surface area (Å²) in [5.74, 6) is 4.95. The molecule has 8 fully saturated rings. The predicted octanol–water partition coefficient (Wildman–Crippen LogP) is 6.37. The molecule has 0 spiro atoms. The molecule has 8 aliphatic rings. The number of rotatable bonds is 20. The molecule has 0 amide bonds. The Morgan fingerprint density at radius 3 is 1.20 bits per heavy atom. The molecule has 0 heterocycles. The summed E-state index contributed by atoms with van der Waals surface area (Å²) in [4.78, 5) is 23.4. The third-order valence-electron chi connectivity index (χ3n) is 13.4. The SMILES string of the molecule is C=C(C)C(=O)OCCOCC(O)COc1cc(C23CC4CC(CC(C4)C2)C3)c(C23CC4CC(CC(C4)C2)C3)cc1OCC(O)COCCOC(=O)C(=C)C. The molecule has 9 rings (SSSR count). The Labute approximate surface area is 320 Å². The topological polar surface area (TPSA) is 130 Å². The first-order chi connectivity index (χ1) is 25.9. The number of hydrogen-bond donors (Lipinski definition) is 2. The predicted molar refractivity (Wildman–Crippen MR) is 202 cm³/mol. The van der Waals surface area contributed by atoms with Crippen LogP contribution in [0.2, 0.25) is 0 Å². The Kier molecular flexibility index (Phi) is 12.1. The number of ether oxygens (including phenoxy) is 6. The molecule has 8 aliphatic carbocycles. The third kappa shape index (κ3) is 8.87. The number of hydrogen-bond acceptors (Lipinski definition) is 10. The lowest BCUT2D eigenvalue weighted by atomic mass is 9.44. The van der Waals surface area contributed by atoms with Crippen LogP contribution in [-0.2, 0) is 39.4 Å². The van der Waals surface area contributed by atoms with E-state index in [1.807, 2.05) is 0 Å². The lowest BCUT2D eigenvalue weighted by Crippen LogP contribution is -2.52. The van der Waals surface area contributed by atoms with E-state index in [9.17, 15) is 19.8 Å². The van der Waals surface area contributed by atoms with Gasteiger partial charge in [0.15, 0.2) is 11.5 Å². The van der Waals surface area contributed by atoms with E-state index >= 15 is 0 Å². The molecule has 0 radical (unpaired) electrons. The van der Waals surface area contributed by atoms with Crippen molar-refractivity contribution in [3.63, 3.8) is 0 Å². The van der Waals surface area contributed by atoms with Crippen molar-refractivity contribution in [1.29, 1.82) is 0 Å². The van der Waals surface area contributed by atoms with E-state index in [0.29, 0.717) is 22.6 Å². The van der Waals surface area contributed by atoms with Gasteiger partial charge in [0.1, 0.15) is 38.6 Å². The zero-order chi connectivity index (χ0) is 38.0. The van der Waals surface area contributed by atoms with Crippen LogP contribution in [0.4, 0.5) is 0 Å². The van der Waals surface area contributed by atoms with Gasteiger partial charge in [0.2, 0.25) is 0 Å². The Morgan fingerprint density at radius 2 is 0.907 bits per heavy atom. The van der Waals surface area contributed by atoms with Crippen LogP contribution in [0.3, 0.4) is 0 Å². The van der Waals surface area contributed by atoms with Crippen LogP contribution in [0.25, 0.3) is 0 Å². The van der Waals surface area contributed by atoms with Crippen molar-refractivity contribution >= 4 is 11.9 Å². The summed E-state index contributed by atoms with van der Waals surface area (Å²) in [6.07, 6.45) is 13.8. The molecule has 298 valence electrons. The number of carbonyl (C=O) groups is 2. The number of aliphatic hydroxyl groups excluding tert-OH is 2. The number of esters is 2. The molecule has 1 aromatic rings. The van der Waals surface area contributed by atoms with Crippen molar-refractivity contribution in [3.8, 4) is 11.5 Å². The van der Waals surface area contributed by atoms with Crippen LogP contribution in [0.15, 0.2) is 36.4 Å². The molecular formula is C44H62O10. The van der Waals surface area contributed by atoms with Gasteiger partial charge in [0.05, 0.1) is 26.4 Å². The van der Waals surface area contributed by atoms with E-state index in [1.165, 1.54) is 88.2 Å². The van der Waals surface area contributed by atoms with Gasteiger partial charge in [-0.05, 0) is 160 Å². The summed E-state index contributed by atoms with van der Waals surface area (Å²) in [5.41, 5.74) is 3.84. The molecule has 0 saturated heterocycles. The highest BCUT2D eigenvalue weighted by atomic mass is 16.6. The first-order valence-corrected chi connectivity index (χ1v) is 20.5. The Morgan fingerprint density at radius 1 is 0.593 bits per heavy atom. The van der Waals surface area contributed by atoms with Gasteiger partial charge >= 0.3 is 11.9 Å². The number of aliphatic hydroxyl groups is 2. The minimum Gasteiger partial charge on any atom is -0.487 e. The second-order valence-electron chi connectivity index (χ2n) is 18.2. The van der Waals surface area contributed by atoms with Gasteiger partial charge in [-0.3, -0.25) is 0 Å². The lowest BCUT2D eigenvalue weighted by molar-refractivity contribution is -0.141. The second-order valence-corrected chi connectivity index (χ2v) is 18.2. The zero-order valence-electron chi connectivity index (χ0n) is 32.5. The number of benzene rings is 1. The molecule has 2 unspecified atom stereocenters. The normalized spacial score (nSPS) is 32.6. The molecule has 2 N–H and O–H groups in total. The summed E-state index contributed by atoms with van der Waals surface area (Å²) in [5, 5.41) is 21.8. The van der Waals surface area contributed by atoms with Crippen molar-refractivity contribution < 1.29 is 48.2 Å². The zero-order valence-corrected chi connectivity index (χ0v) is 32.5. The minimum absolute atomic E-state index is 0.00644. The third-order valence-corrected chi connectivity index (χ3v) is 13.4. The van der Waals surface area contributed by atoms with Gasteiger partial charge in [-0.1, -0.05) is 13.2 Å². The van der Waals surface area contributed by atoms with Gasteiger partial charge in [-0.25, -0.2) is 9.59 Å². The molecule has 0 aromatic heterocycles. The second kappa shape index (κ2) is 16.7. The monoisotopic (exact) mass is 750 g/mol. The first kappa shape index (κ1) is 39.3. The maximum absolute atomic E-state index is 11.7. The van der Waals surface area contributed by atoms with E-state index in [2.05, 4.69) is 25.3 Å². The van der Waals surface area contributed by atoms with Gasteiger partial charge < -0.3 is 38.6 Å². The van der Waals surface area contributed by atoms with Gasteiger partial charge in [-0.15, -0.1) is 0 Å². The Bertz CT molecular complexity index is 1360. The average Bonchev–Trinajstić information content (AvgIpc) is 3.11. The summed E-state index contributed by atoms with van der Waals surface area (Å²) >= 11 is 0. The smallest absolute Gasteiger partial charge is 0.333 e. The fourth-order valence-corrected chi connectivity index (χ4v) is 12.1. The number of carbonyl (C=O) groups excluding carboxylic acids is 2. The molecular weight excluding hydrogens is 688 g/mol. The van der Waals surface area contributed by atoms with Crippen molar-refractivity contribution in [3.05, 3.63) is 47.6 Å². The van der Waals surface area contributed by atoms with Gasteiger partial charge in [0.25, 0.3) is 0 Å². The van der Waals surface area contributed by atoms with E-state index < -0.39 is 24.1 Å². The quantitative estimate of drug-likeness (QED) is 0.0881. The largest absolute Gasteiger partial charge is 0.487 e. The molecule has 54 heavy (non-hydrogen) atoms. The molecule has 10 heteroatoms. The lowest BCUT2D eigenvalue weighted by Gasteiger charge is -2.61. The highest BCUT2D eigenvalue weighted by molar-refractivity contribution is 5.87. The first-order valence-electron chi connectivity index (χ1n) is 20.5. The Balaban J connectivity index is 1.11. The van der Waals surface area contributed by atoms with Crippen LogP contribution < -0.4 is 9.47 Å². The van der Waals surface area contributed by atoms with Crippen LogP contribution in [0, 0.1) is 35.5 Å². The molecule has 2 atom stereocenters. The fraction of sp³-hybridized carbons (Fsp3) is 0.727. The van der Waals surface area contributed by atoms with Crippen molar-refractivity contribution in [2.24, 2.45) is 35.5 Å². The van der Waals surface area contributed by atoms with E-state index in [1.54, 1.807) is 13.8 Å². The average molecular weight is 751 g/mol. The van der Waals surface area contributed by atoms with E-state index in [4.69, 9.17) is 28.4 Å². The summed E-state index contributed by atoms with van der Waals surface area (Å²) in [6, 6.07) is 4.56. The highest BCUT2D eigenvalue weighted by Gasteiger charge is 2.57. The summed E-state index contributed by atoms with van der Waals surface area (Å²) < 4.78 is 34.3. The Hall–Kier alpha value is -2.92. The van der Waals surface area contributed by atoms with E-state index in [-0.39, 0.29) is 63.7 Å². The molecule has 0 aliphatic heterocycles. The minimum atomic E-state index is -0.918. The summed E-state index contributed by atoms with van der Waals surface area (Å²) in [7, 11) is 0. The fourth-order valence-electron chi connectivity index (χ4n) is 12.1. The van der Waals surface area contributed by atoms with Crippen molar-refractivity contribution in [2.45, 2.75) is 114 Å². The highest BCUT2D eigenvalue weighted by Crippen LogP contribution is 2.66. The molecule has 8 bridgehead atoms. The standard InChI is InChI=1S/C44H62O10/c1-27(2)41(47)51-7-5-49-23-35(45)25-53-39-15-37(43-17-29-9-30(18-43)11-31(10-29)19-43)38(44-20-32-12-33(21-44)14-34(13-32)22-44)16-40(39)54-26-36(46)24-50-6-8-52-42(48)28(3)4/h15-16,29-36,45-46H,1,3,5-14,17-26H2,2,4H3. The van der Waals surface area contributed by atoms with E-state index in [0.717, 1.165) is 35.5 Å². The summed E-state index contributed by atoms with van der Waals surface area (Å²) in [6.45, 7) is 10.8. The van der Waals surface area contributed by atoms with Crippen LogP contribution >= 0.6 is 0 Å². The van der Waals surface area contributed by atoms with Crippen LogP contribution in [0.1, 0.15) is 102 Å². The molecule has 10 nitrogen and oxygen atoms in total. The van der Waals surface area contributed by atoms with Crippen molar-refractivity contribution in [2.75, 3.05) is 52.9 Å². The van der Waals surface area contributed by atoms with Gasteiger partial charge in [-0.2, -0.15) is 0 Å². The maximum atomic E-state index is 11.7. The maximum Gasteiger partial charge on any atom is 0.333 e.